The molecule has 22 heavy (non-hydrogen) atoms. The van der Waals surface area contributed by atoms with Gasteiger partial charge in [-0.25, -0.2) is 0 Å². The summed E-state index contributed by atoms with van der Waals surface area (Å²) in [6.45, 7) is 12.2. The number of hydrogen-bond acceptors (Lipinski definition) is 2. The molecule has 0 atom stereocenters. The van der Waals surface area contributed by atoms with Gasteiger partial charge >= 0.3 is 0 Å². The molecule has 0 amide bonds. The van der Waals surface area contributed by atoms with Gasteiger partial charge < -0.3 is 5.73 Å². The Morgan fingerprint density at radius 1 is 0.773 bits per heavy atom. The first-order valence-electron chi connectivity index (χ1n) is 8.30. The maximum absolute atomic E-state index is 4.50. The lowest BCUT2D eigenvalue weighted by Crippen LogP contribution is -1.97. The minimum absolute atomic E-state index is 1.07. The second-order valence-electron chi connectivity index (χ2n) is 4.17. The van der Waals surface area contributed by atoms with Crippen LogP contribution in [0.3, 0.4) is 0 Å². The van der Waals surface area contributed by atoms with Gasteiger partial charge in [0, 0.05) is 11.9 Å². The third-order valence-corrected chi connectivity index (χ3v) is 3.04. The average molecular weight is 303 g/mol. The number of nitrogens with two attached hydrogens (primary N) is 1. The molecule has 124 valence electrons. The van der Waals surface area contributed by atoms with Crippen LogP contribution >= 0.6 is 0 Å². The smallest absolute Gasteiger partial charge is 0.0404 e. The highest BCUT2D eigenvalue weighted by atomic mass is 14.7. The molecule has 2 aromatic rings. The molecule has 0 bridgehead atoms. The van der Waals surface area contributed by atoms with E-state index in [0.717, 1.165) is 18.5 Å². The quantitative estimate of drug-likeness (QED) is 0.855. The predicted octanol–water partition coefficient (Wildman–Crippen LogP) is 5.11. The number of pyridine rings is 1. The maximum atomic E-state index is 4.50. The zero-order valence-corrected chi connectivity index (χ0v) is 15.5. The summed E-state index contributed by atoms with van der Waals surface area (Å²) < 4.78 is 0. The van der Waals surface area contributed by atoms with E-state index in [0.29, 0.717) is 0 Å². The Labute approximate surface area is 137 Å². The Morgan fingerprint density at radius 3 is 1.82 bits per heavy atom. The summed E-state index contributed by atoms with van der Waals surface area (Å²) in [6.07, 6.45) is 4.02. The zero-order chi connectivity index (χ0) is 17.4. The topological polar surface area (TPSA) is 38.9 Å². The molecule has 1 aromatic carbocycles. The van der Waals surface area contributed by atoms with Crippen molar-refractivity contribution < 1.29 is 0 Å². The summed E-state index contributed by atoms with van der Waals surface area (Å²) in [6, 6.07) is 12.8. The Bertz CT molecular complexity index is 433. The molecule has 0 fully saturated rings. The van der Waals surface area contributed by atoms with Gasteiger partial charge in [0.05, 0.1) is 0 Å². The van der Waals surface area contributed by atoms with Crippen molar-refractivity contribution in [3.63, 3.8) is 0 Å². The molecule has 2 heteroatoms. The number of benzene rings is 1. The van der Waals surface area contributed by atoms with Crippen LogP contribution in [-0.2, 0) is 12.8 Å². The molecule has 0 unspecified atom stereocenters. The third kappa shape index (κ3) is 8.58. The standard InChI is InChI=1S/C15H17N.2C2H6.CH5N/c1-12-6-3-4-7-14(12)9-10-15-8-5-11-16-13(15)2;3*1-2/h3-8,11H,9-10H2,1-2H3;2*1-2H3;2H2,1H3. The summed E-state index contributed by atoms with van der Waals surface area (Å²) in [7, 11) is 1.50. The number of aromatic nitrogens is 1. The summed E-state index contributed by atoms with van der Waals surface area (Å²) >= 11 is 0. The monoisotopic (exact) mass is 302 g/mol. The van der Waals surface area contributed by atoms with E-state index in [4.69, 9.17) is 0 Å². The molecule has 0 aliphatic rings. The summed E-state index contributed by atoms with van der Waals surface area (Å²) in [5.74, 6) is 0. The van der Waals surface area contributed by atoms with Gasteiger partial charge in [-0.2, -0.15) is 0 Å². The van der Waals surface area contributed by atoms with Gasteiger partial charge in [-0.3, -0.25) is 4.98 Å². The lowest BCUT2D eigenvalue weighted by atomic mass is 10.0. The SMILES string of the molecule is CC.CC.CN.Cc1ccccc1CCc1cccnc1C. The molecule has 0 radical (unpaired) electrons. The molecule has 1 heterocycles. The van der Waals surface area contributed by atoms with E-state index in [2.05, 4.69) is 54.9 Å². The van der Waals surface area contributed by atoms with Crippen molar-refractivity contribution in [2.75, 3.05) is 7.05 Å². The fraction of sp³-hybridized carbons (Fsp3) is 0.450. The van der Waals surface area contributed by atoms with Gasteiger partial charge in [-0.1, -0.05) is 58.0 Å². The normalized spacial score (nSPS) is 8.36. The maximum Gasteiger partial charge on any atom is 0.0404 e. The van der Waals surface area contributed by atoms with Crippen LogP contribution in [0, 0.1) is 13.8 Å². The molecular weight excluding hydrogens is 268 g/mol. The summed E-state index contributed by atoms with van der Waals surface area (Å²) in [4.78, 5) is 4.31. The van der Waals surface area contributed by atoms with Crippen molar-refractivity contribution >= 4 is 0 Å². The molecule has 1 aromatic heterocycles. The Morgan fingerprint density at radius 2 is 1.27 bits per heavy atom. The van der Waals surface area contributed by atoms with Crippen LogP contribution in [0.4, 0.5) is 0 Å². The number of aryl methyl sites for hydroxylation is 4. The van der Waals surface area contributed by atoms with E-state index < -0.39 is 0 Å². The van der Waals surface area contributed by atoms with Crippen molar-refractivity contribution in [3.05, 3.63) is 65.0 Å². The van der Waals surface area contributed by atoms with Crippen LogP contribution in [0.15, 0.2) is 42.6 Å². The van der Waals surface area contributed by atoms with E-state index in [1.165, 1.54) is 23.7 Å². The fourth-order valence-electron chi connectivity index (χ4n) is 1.94. The second-order valence-corrected chi connectivity index (χ2v) is 4.17. The first-order chi connectivity index (χ1) is 10.8. The van der Waals surface area contributed by atoms with Gasteiger partial charge in [-0.05, 0) is 56.5 Å². The van der Waals surface area contributed by atoms with Gasteiger partial charge in [-0.15, -0.1) is 0 Å². The molecule has 2 rings (SSSR count). The number of nitrogens with zero attached hydrogens (tertiary/aromatic N) is 1. The lowest BCUT2D eigenvalue weighted by molar-refractivity contribution is 0.922. The number of rotatable bonds is 3. The highest BCUT2D eigenvalue weighted by molar-refractivity contribution is 5.27. The van der Waals surface area contributed by atoms with Crippen molar-refractivity contribution in [1.29, 1.82) is 0 Å². The average Bonchev–Trinajstić information content (AvgIpc) is 2.61. The van der Waals surface area contributed by atoms with Gasteiger partial charge in [0.15, 0.2) is 0 Å². The van der Waals surface area contributed by atoms with Crippen LogP contribution < -0.4 is 5.73 Å². The van der Waals surface area contributed by atoms with Crippen LogP contribution in [-0.4, -0.2) is 12.0 Å². The molecule has 0 saturated heterocycles. The van der Waals surface area contributed by atoms with E-state index in [1.807, 2.05) is 40.0 Å². The van der Waals surface area contributed by atoms with E-state index in [1.54, 1.807) is 0 Å². The van der Waals surface area contributed by atoms with Gasteiger partial charge in [0.25, 0.3) is 0 Å². The van der Waals surface area contributed by atoms with Gasteiger partial charge in [0.2, 0.25) is 0 Å². The zero-order valence-electron chi connectivity index (χ0n) is 15.5. The molecule has 0 spiro atoms. The lowest BCUT2D eigenvalue weighted by Gasteiger charge is -2.07. The molecule has 0 aliphatic heterocycles. The highest BCUT2D eigenvalue weighted by Gasteiger charge is 2.01. The van der Waals surface area contributed by atoms with Crippen LogP contribution in [0.5, 0.6) is 0 Å². The summed E-state index contributed by atoms with van der Waals surface area (Å²) in [5.41, 5.74) is 9.82. The van der Waals surface area contributed by atoms with Crippen LogP contribution in [0.2, 0.25) is 0 Å². The van der Waals surface area contributed by atoms with Gasteiger partial charge in [0.1, 0.15) is 0 Å². The van der Waals surface area contributed by atoms with E-state index in [9.17, 15) is 0 Å². The largest absolute Gasteiger partial charge is 0.333 e. The van der Waals surface area contributed by atoms with Crippen molar-refractivity contribution in [3.8, 4) is 0 Å². The Balaban J connectivity index is 0. The first kappa shape index (κ1) is 22.6. The van der Waals surface area contributed by atoms with E-state index >= 15 is 0 Å². The fourth-order valence-corrected chi connectivity index (χ4v) is 1.94. The number of hydrogen-bond donors (Lipinski definition) is 1. The molecular formula is C20H34N2. The van der Waals surface area contributed by atoms with E-state index in [-0.39, 0.29) is 0 Å². The first-order valence-corrected chi connectivity index (χ1v) is 8.30. The van der Waals surface area contributed by atoms with Crippen LogP contribution in [0.25, 0.3) is 0 Å². The highest BCUT2D eigenvalue weighted by Crippen LogP contribution is 2.12. The second kappa shape index (κ2) is 15.7. The predicted molar refractivity (Wildman–Crippen MR) is 100 cm³/mol. The Hall–Kier alpha value is -1.67. The third-order valence-electron chi connectivity index (χ3n) is 3.04. The minimum Gasteiger partial charge on any atom is -0.333 e. The minimum atomic E-state index is 1.07. The van der Waals surface area contributed by atoms with Crippen molar-refractivity contribution in [2.24, 2.45) is 5.73 Å². The molecule has 2 N–H and O–H groups in total. The summed E-state index contributed by atoms with van der Waals surface area (Å²) in [5, 5.41) is 0. The Kier molecular flexibility index (Phi) is 16.1. The molecule has 0 aliphatic carbocycles. The van der Waals surface area contributed by atoms with Crippen molar-refractivity contribution in [1.82, 2.24) is 4.98 Å². The molecule has 0 saturated carbocycles. The van der Waals surface area contributed by atoms with Crippen LogP contribution in [0.1, 0.15) is 50.1 Å². The molecule has 2 nitrogen and oxygen atoms in total. The van der Waals surface area contributed by atoms with Crippen molar-refractivity contribution in [2.45, 2.75) is 54.4 Å².